The zero-order chi connectivity index (χ0) is 16.5. The maximum Gasteiger partial charge on any atom is 0.228 e. The number of fused-ring (bicyclic) bond motifs is 1. The number of hydrogen-bond acceptors (Lipinski definition) is 3. The Hall–Kier alpha value is -2.14. The van der Waals surface area contributed by atoms with Gasteiger partial charge < -0.3 is 4.90 Å². The van der Waals surface area contributed by atoms with Gasteiger partial charge in [-0.2, -0.15) is 5.10 Å². The second kappa shape index (κ2) is 6.40. The summed E-state index contributed by atoms with van der Waals surface area (Å²) in [5.41, 5.74) is 3.67. The van der Waals surface area contributed by atoms with Crippen LogP contribution >= 0.6 is 0 Å². The smallest absolute Gasteiger partial charge is 0.228 e. The standard InChI is InChI=1S/C19H24N4O/c1-21-14-16(13-20-21)17-7-4-10-22(17)11-9-19(24)23-12-8-15-5-2-3-6-18(15)23/h2-3,5-6,13-14,17H,4,7-12H2,1H3/t17-/m1/s1. The normalized spacial score (nSPS) is 20.5. The van der Waals surface area contributed by atoms with Gasteiger partial charge in [0.1, 0.15) is 0 Å². The lowest BCUT2D eigenvalue weighted by molar-refractivity contribution is -0.118. The molecule has 1 aromatic carbocycles. The number of anilines is 1. The highest BCUT2D eigenvalue weighted by molar-refractivity contribution is 5.95. The molecule has 1 aromatic heterocycles. The first-order chi connectivity index (χ1) is 11.7. The fourth-order valence-electron chi connectivity index (χ4n) is 4.05. The molecule has 24 heavy (non-hydrogen) atoms. The second-order valence-electron chi connectivity index (χ2n) is 6.82. The van der Waals surface area contributed by atoms with Crippen molar-refractivity contribution in [2.45, 2.75) is 31.7 Å². The molecular formula is C19H24N4O. The molecule has 2 aromatic rings. The number of likely N-dealkylation sites (tertiary alicyclic amines) is 1. The van der Waals surface area contributed by atoms with Gasteiger partial charge in [0.15, 0.2) is 0 Å². The molecule has 0 bridgehead atoms. The Morgan fingerprint density at radius 2 is 2.17 bits per heavy atom. The van der Waals surface area contributed by atoms with Crippen molar-refractivity contribution in [1.29, 1.82) is 0 Å². The van der Waals surface area contributed by atoms with E-state index in [0.717, 1.165) is 38.2 Å². The summed E-state index contributed by atoms with van der Waals surface area (Å²) in [6.07, 6.45) is 7.98. The molecule has 0 unspecified atom stereocenters. The van der Waals surface area contributed by atoms with Crippen molar-refractivity contribution in [3.8, 4) is 0 Å². The van der Waals surface area contributed by atoms with Crippen LogP contribution in [0.2, 0.25) is 0 Å². The molecule has 0 aliphatic carbocycles. The Morgan fingerprint density at radius 3 is 3.00 bits per heavy atom. The Balaban J connectivity index is 1.39. The highest BCUT2D eigenvalue weighted by Crippen LogP contribution is 2.32. The van der Waals surface area contributed by atoms with Gasteiger partial charge in [-0.05, 0) is 37.4 Å². The van der Waals surface area contributed by atoms with Crippen LogP contribution in [-0.2, 0) is 18.3 Å². The number of para-hydroxylation sites is 1. The lowest BCUT2D eigenvalue weighted by atomic mass is 10.1. The van der Waals surface area contributed by atoms with E-state index in [0.29, 0.717) is 12.5 Å². The van der Waals surface area contributed by atoms with Crippen LogP contribution < -0.4 is 4.90 Å². The molecule has 0 radical (unpaired) electrons. The van der Waals surface area contributed by atoms with Crippen molar-refractivity contribution in [2.24, 2.45) is 7.05 Å². The van der Waals surface area contributed by atoms with Crippen LogP contribution in [0.5, 0.6) is 0 Å². The third kappa shape index (κ3) is 2.84. The summed E-state index contributed by atoms with van der Waals surface area (Å²) < 4.78 is 1.86. The van der Waals surface area contributed by atoms with E-state index in [4.69, 9.17) is 0 Å². The molecule has 0 N–H and O–H groups in total. The highest BCUT2D eigenvalue weighted by atomic mass is 16.2. The molecule has 2 aliphatic rings. The van der Waals surface area contributed by atoms with Gasteiger partial charge in [-0.15, -0.1) is 0 Å². The molecular weight excluding hydrogens is 300 g/mol. The van der Waals surface area contributed by atoms with E-state index in [2.05, 4.69) is 34.4 Å². The first kappa shape index (κ1) is 15.4. The van der Waals surface area contributed by atoms with Crippen LogP contribution in [0.25, 0.3) is 0 Å². The number of carbonyl (C=O) groups is 1. The fourth-order valence-corrected chi connectivity index (χ4v) is 4.05. The number of amides is 1. The van der Waals surface area contributed by atoms with Gasteiger partial charge in [0.05, 0.1) is 6.20 Å². The monoisotopic (exact) mass is 324 g/mol. The van der Waals surface area contributed by atoms with Crippen molar-refractivity contribution in [2.75, 3.05) is 24.5 Å². The number of hydrogen-bond donors (Lipinski definition) is 0. The largest absolute Gasteiger partial charge is 0.312 e. The summed E-state index contributed by atoms with van der Waals surface area (Å²) >= 11 is 0. The molecule has 126 valence electrons. The zero-order valence-electron chi connectivity index (χ0n) is 14.2. The molecule has 1 atom stereocenters. The fraction of sp³-hybridized carbons (Fsp3) is 0.474. The van der Waals surface area contributed by atoms with Crippen LogP contribution in [-0.4, -0.2) is 40.2 Å². The molecule has 4 rings (SSSR count). The summed E-state index contributed by atoms with van der Waals surface area (Å²) in [7, 11) is 1.96. The molecule has 1 amide bonds. The van der Waals surface area contributed by atoms with E-state index in [-0.39, 0.29) is 5.91 Å². The number of carbonyl (C=O) groups excluding carboxylic acids is 1. The Morgan fingerprint density at radius 1 is 1.29 bits per heavy atom. The van der Waals surface area contributed by atoms with E-state index in [1.807, 2.05) is 28.9 Å². The number of benzene rings is 1. The molecule has 0 spiro atoms. The third-order valence-corrected chi connectivity index (χ3v) is 5.27. The maximum atomic E-state index is 12.7. The van der Waals surface area contributed by atoms with Crippen LogP contribution in [0.15, 0.2) is 36.7 Å². The van der Waals surface area contributed by atoms with Crippen molar-refractivity contribution >= 4 is 11.6 Å². The first-order valence-electron chi connectivity index (χ1n) is 8.83. The van der Waals surface area contributed by atoms with E-state index < -0.39 is 0 Å². The minimum absolute atomic E-state index is 0.247. The minimum atomic E-state index is 0.247. The Kier molecular flexibility index (Phi) is 4.10. The third-order valence-electron chi connectivity index (χ3n) is 5.27. The summed E-state index contributed by atoms with van der Waals surface area (Å²) in [5, 5.41) is 4.29. The van der Waals surface area contributed by atoms with Crippen LogP contribution in [0, 0.1) is 0 Å². The molecule has 5 nitrogen and oxygen atoms in total. The number of aromatic nitrogens is 2. The summed E-state index contributed by atoms with van der Waals surface area (Å²) in [4.78, 5) is 17.1. The van der Waals surface area contributed by atoms with Gasteiger partial charge in [-0.25, -0.2) is 0 Å². The van der Waals surface area contributed by atoms with Crippen molar-refractivity contribution in [1.82, 2.24) is 14.7 Å². The zero-order valence-corrected chi connectivity index (χ0v) is 14.2. The molecule has 3 heterocycles. The Labute approximate surface area is 142 Å². The van der Waals surface area contributed by atoms with Crippen LogP contribution in [0.4, 0.5) is 5.69 Å². The highest BCUT2D eigenvalue weighted by Gasteiger charge is 2.29. The van der Waals surface area contributed by atoms with Crippen LogP contribution in [0.3, 0.4) is 0 Å². The molecule has 1 fully saturated rings. The van der Waals surface area contributed by atoms with Crippen molar-refractivity contribution in [3.63, 3.8) is 0 Å². The molecule has 5 heteroatoms. The minimum Gasteiger partial charge on any atom is -0.312 e. The molecule has 1 saturated heterocycles. The topological polar surface area (TPSA) is 41.4 Å². The van der Waals surface area contributed by atoms with E-state index in [9.17, 15) is 4.79 Å². The lowest BCUT2D eigenvalue weighted by Crippen LogP contribution is -2.33. The second-order valence-corrected chi connectivity index (χ2v) is 6.82. The predicted molar refractivity (Wildman–Crippen MR) is 93.9 cm³/mol. The SMILES string of the molecule is Cn1cc([C@H]2CCCN2CCC(=O)N2CCc3ccccc32)cn1. The van der Waals surface area contributed by atoms with E-state index in [1.54, 1.807) is 0 Å². The average Bonchev–Trinajstić information content (AvgIpc) is 3.31. The molecule has 2 aliphatic heterocycles. The van der Waals surface area contributed by atoms with Gasteiger partial charge >= 0.3 is 0 Å². The predicted octanol–water partition coefficient (Wildman–Crippen LogP) is 2.54. The number of aryl methyl sites for hydroxylation is 1. The van der Waals surface area contributed by atoms with E-state index in [1.165, 1.54) is 17.5 Å². The Bertz CT molecular complexity index is 738. The quantitative estimate of drug-likeness (QED) is 0.868. The van der Waals surface area contributed by atoms with Gasteiger partial charge in [0.25, 0.3) is 0 Å². The van der Waals surface area contributed by atoms with Crippen molar-refractivity contribution < 1.29 is 4.79 Å². The van der Waals surface area contributed by atoms with Crippen molar-refractivity contribution in [3.05, 3.63) is 47.8 Å². The lowest BCUT2D eigenvalue weighted by Gasteiger charge is -2.25. The number of nitrogens with zero attached hydrogens (tertiary/aromatic N) is 4. The first-order valence-corrected chi connectivity index (χ1v) is 8.83. The molecule has 0 saturated carbocycles. The van der Waals surface area contributed by atoms with Crippen LogP contribution in [0.1, 0.15) is 36.4 Å². The van der Waals surface area contributed by atoms with Gasteiger partial charge in [0.2, 0.25) is 5.91 Å². The summed E-state index contributed by atoms with van der Waals surface area (Å²) in [6, 6.07) is 8.67. The van der Waals surface area contributed by atoms with Gasteiger partial charge in [-0.1, -0.05) is 18.2 Å². The number of rotatable bonds is 4. The summed E-state index contributed by atoms with van der Waals surface area (Å²) in [6.45, 7) is 2.73. The maximum absolute atomic E-state index is 12.7. The van der Waals surface area contributed by atoms with E-state index >= 15 is 0 Å². The summed E-state index contributed by atoms with van der Waals surface area (Å²) in [5.74, 6) is 0.247. The van der Waals surface area contributed by atoms with Gasteiger partial charge in [0, 0.05) is 50.0 Å². The average molecular weight is 324 g/mol. The van der Waals surface area contributed by atoms with Gasteiger partial charge in [-0.3, -0.25) is 14.4 Å².